The fourth-order valence-electron chi connectivity index (χ4n) is 3.46. The Hall–Kier alpha value is -2.04. The summed E-state index contributed by atoms with van der Waals surface area (Å²) in [6, 6.07) is 15.7. The molecule has 1 fully saturated rings. The van der Waals surface area contributed by atoms with Gasteiger partial charge in [0.1, 0.15) is 12.4 Å². The van der Waals surface area contributed by atoms with E-state index in [4.69, 9.17) is 10.5 Å². The molecule has 26 heavy (non-hydrogen) atoms. The first-order valence-corrected chi connectivity index (χ1v) is 8.96. The lowest BCUT2D eigenvalue weighted by molar-refractivity contribution is 0.0924. The molecule has 0 radical (unpaired) electrons. The van der Waals surface area contributed by atoms with Crippen LogP contribution in [0.2, 0.25) is 0 Å². The number of carbonyl (C=O) groups is 1. The van der Waals surface area contributed by atoms with E-state index in [9.17, 15) is 4.79 Å². The van der Waals surface area contributed by atoms with Gasteiger partial charge in [0.15, 0.2) is 0 Å². The summed E-state index contributed by atoms with van der Waals surface area (Å²) >= 11 is 0. The number of para-hydroxylation sites is 1. The summed E-state index contributed by atoms with van der Waals surface area (Å²) in [4.78, 5) is 12.7. The summed E-state index contributed by atoms with van der Waals surface area (Å²) < 4.78 is 5.96. The summed E-state index contributed by atoms with van der Waals surface area (Å²) in [5.74, 6) is 0.917. The lowest BCUT2D eigenvalue weighted by atomic mass is 10.0. The lowest BCUT2D eigenvalue weighted by Gasteiger charge is -2.20. The maximum atomic E-state index is 12.7. The Bertz CT molecular complexity index is 735. The quantitative estimate of drug-likeness (QED) is 0.807. The number of carbonyl (C=O) groups excluding carboxylic acids is 1. The Morgan fingerprint density at radius 1 is 1.15 bits per heavy atom. The molecule has 2 aromatic rings. The van der Waals surface area contributed by atoms with Crippen LogP contribution in [0.5, 0.6) is 5.75 Å². The van der Waals surface area contributed by atoms with Gasteiger partial charge >= 0.3 is 0 Å². The highest BCUT2D eigenvalue weighted by Gasteiger charge is 2.28. The van der Waals surface area contributed by atoms with Crippen molar-refractivity contribution >= 4 is 18.3 Å². The summed E-state index contributed by atoms with van der Waals surface area (Å²) in [5.41, 5.74) is 8.70. The first kappa shape index (κ1) is 20.3. The van der Waals surface area contributed by atoms with Crippen LogP contribution in [0.4, 0.5) is 0 Å². The van der Waals surface area contributed by atoms with Crippen LogP contribution >= 0.6 is 12.4 Å². The van der Waals surface area contributed by atoms with E-state index in [-0.39, 0.29) is 24.4 Å². The van der Waals surface area contributed by atoms with Gasteiger partial charge in [-0.25, -0.2) is 0 Å². The Kier molecular flexibility index (Phi) is 7.49. The number of ether oxygens (including phenoxy) is 1. The standard InChI is InChI=1S/C21H26N2O2.ClH/c1-15-7-2-3-8-17(15)14-25-20-12-5-4-10-18(20)21(24)23-19-11-6-9-16(19)13-22;/h2-5,7-8,10,12,16,19H,6,9,11,13-14,22H2,1H3,(H,23,24);1H. The molecule has 0 spiro atoms. The van der Waals surface area contributed by atoms with Crippen molar-refractivity contribution in [1.29, 1.82) is 0 Å². The van der Waals surface area contributed by atoms with Crippen LogP contribution in [0.1, 0.15) is 40.7 Å². The molecule has 1 aliphatic rings. The maximum Gasteiger partial charge on any atom is 0.255 e. The number of rotatable bonds is 6. The molecule has 0 heterocycles. The largest absolute Gasteiger partial charge is 0.488 e. The first-order valence-electron chi connectivity index (χ1n) is 8.96. The Balaban J connectivity index is 0.00000243. The summed E-state index contributed by atoms with van der Waals surface area (Å²) in [5, 5.41) is 3.15. The number of hydrogen-bond donors (Lipinski definition) is 2. The molecule has 3 rings (SSSR count). The Morgan fingerprint density at radius 2 is 1.88 bits per heavy atom. The molecule has 5 heteroatoms. The van der Waals surface area contributed by atoms with E-state index < -0.39 is 0 Å². The van der Waals surface area contributed by atoms with Gasteiger partial charge in [-0.3, -0.25) is 4.79 Å². The number of benzene rings is 2. The van der Waals surface area contributed by atoms with Crippen LogP contribution in [-0.4, -0.2) is 18.5 Å². The van der Waals surface area contributed by atoms with E-state index in [1.165, 1.54) is 5.56 Å². The van der Waals surface area contributed by atoms with Crippen LogP contribution in [0, 0.1) is 12.8 Å². The molecule has 0 aromatic heterocycles. The van der Waals surface area contributed by atoms with Gasteiger partial charge in [0.05, 0.1) is 5.56 Å². The maximum absolute atomic E-state index is 12.7. The second-order valence-corrected chi connectivity index (χ2v) is 6.72. The van der Waals surface area contributed by atoms with Crippen molar-refractivity contribution in [3.05, 3.63) is 65.2 Å². The van der Waals surface area contributed by atoms with Crippen LogP contribution < -0.4 is 15.8 Å². The van der Waals surface area contributed by atoms with Crippen LogP contribution in [-0.2, 0) is 6.61 Å². The average Bonchev–Trinajstić information content (AvgIpc) is 3.08. The zero-order valence-corrected chi connectivity index (χ0v) is 15.9. The SMILES string of the molecule is Cc1ccccc1COc1ccccc1C(=O)NC1CCCC1CN.Cl. The molecule has 0 saturated heterocycles. The predicted molar refractivity (Wildman–Crippen MR) is 107 cm³/mol. The summed E-state index contributed by atoms with van der Waals surface area (Å²) in [6.45, 7) is 3.13. The Morgan fingerprint density at radius 3 is 2.65 bits per heavy atom. The van der Waals surface area contributed by atoms with E-state index >= 15 is 0 Å². The van der Waals surface area contributed by atoms with Gasteiger partial charge in [-0.2, -0.15) is 0 Å². The van der Waals surface area contributed by atoms with Crippen molar-refractivity contribution in [2.24, 2.45) is 11.7 Å². The molecule has 2 unspecified atom stereocenters. The average molecular weight is 375 g/mol. The zero-order valence-electron chi connectivity index (χ0n) is 15.1. The number of hydrogen-bond acceptors (Lipinski definition) is 3. The van der Waals surface area contributed by atoms with Crippen LogP contribution in [0.25, 0.3) is 0 Å². The van der Waals surface area contributed by atoms with Gasteiger partial charge in [-0.15, -0.1) is 12.4 Å². The minimum atomic E-state index is -0.0780. The number of aryl methyl sites for hydroxylation is 1. The third-order valence-electron chi connectivity index (χ3n) is 5.05. The smallest absolute Gasteiger partial charge is 0.255 e. The summed E-state index contributed by atoms with van der Waals surface area (Å²) in [6.07, 6.45) is 3.21. The number of amides is 1. The number of halogens is 1. The highest BCUT2D eigenvalue weighted by Crippen LogP contribution is 2.26. The zero-order chi connectivity index (χ0) is 17.6. The molecule has 2 aromatic carbocycles. The Labute approximate surface area is 161 Å². The molecule has 0 aliphatic heterocycles. The second kappa shape index (κ2) is 9.60. The molecule has 3 N–H and O–H groups in total. The molecule has 2 atom stereocenters. The van der Waals surface area contributed by atoms with Crippen molar-refractivity contribution in [2.45, 2.75) is 38.8 Å². The monoisotopic (exact) mass is 374 g/mol. The van der Waals surface area contributed by atoms with Gasteiger partial charge in [-0.1, -0.05) is 42.8 Å². The third-order valence-corrected chi connectivity index (χ3v) is 5.05. The molecule has 1 aliphatic carbocycles. The van der Waals surface area contributed by atoms with Gasteiger partial charge in [0, 0.05) is 6.04 Å². The number of nitrogens with one attached hydrogen (secondary N) is 1. The van der Waals surface area contributed by atoms with E-state index in [1.54, 1.807) is 0 Å². The molecule has 1 saturated carbocycles. The predicted octanol–water partition coefficient (Wildman–Crippen LogP) is 3.85. The van der Waals surface area contributed by atoms with E-state index in [1.807, 2.05) is 42.5 Å². The van der Waals surface area contributed by atoms with Gasteiger partial charge in [0.2, 0.25) is 0 Å². The molecular formula is C21H27ClN2O2. The molecule has 140 valence electrons. The molecule has 0 bridgehead atoms. The van der Waals surface area contributed by atoms with Gasteiger partial charge in [-0.05, 0) is 55.5 Å². The topological polar surface area (TPSA) is 64.3 Å². The van der Waals surface area contributed by atoms with Crippen molar-refractivity contribution in [3.8, 4) is 5.75 Å². The van der Waals surface area contributed by atoms with E-state index in [2.05, 4.69) is 18.3 Å². The molecule has 4 nitrogen and oxygen atoms in total. The minimum absolute atomic E-state index is 0. The van der Waals surface area contributed by atoms with Crippen LogP contribution in [0.15, 0.2) is 48.5 Å². The second-order valence-electron chi connectivity index (χ2n) is 6.72. The molecular weight excluding hydrogens is 348 g/mol. The normalized spacial score (nSPS) is 18.8. The van der Waals surface area contributed by atoms with Crippen molar-refractivity contribution < 1.29 is 9.53 Å². The van der Waals surface area contributed by atoms with Crippen molar-refractivity contribution in [2.75, 3.05) is 6.54 Å². The highest BCUT2D eigenvalue weighted by atomic mass is 35.5. The van der Waals surface area contributed by atoms with E-state index in [0.29, 0.717) is 30.4 Å². The highest BCUT2D eigenvalue weighted by molar-refractivity contribution is 5.97. The van der Waals surface area contributed by atoms with Crippen molar-refractivity contribution in [1.82, 2.24) is 5.32 Å². The fraction of sp³-hybridized carbons (Fsp3) is 0.381. The third kappa shape index (κ3) is 4.77. The lowest BCUT2D eigenvalue weighted by Crippen LogP contribution is -2.40. The van der Waals surface area contributed by atoms with Crippen molar-refractivity contribution in [3.63, 3.8) is 0 Å². The first-order chi connectivity index (χ1) is 12.2. The molecule has 1 amide bonds. The number of nitrogens with two attached hydrogens (primary N) is 1. The van der Waals surface area contributed by atoms with Crippen LogP contribution in [0.3, 0.4) is 0 Å². The fourth-order valence-corrected chi connectivity index (χ4v) is 3.46. The van der Waals surface area contributed by atoms with Gasteiger partial charge < -0.3 is 15.8 Å². The van der Waals surface area contributed by atoms with Gasteiger partial charge in [0.25, 0.3) is 5.91 Å². The summed E-state index contributed by atoms with van der Waals surface area (Å²) in [7, 11) is 0. The minimum Gasteiger partial charge on any atom is -0.488 e. The van der Waals surface area contributed by atoms with E-state index in [0.717, 1.165) is 24.8 Å².